The van der Waals surface area contributed by atoms with Gasteiger partial charge in [-0.3, -0.25) is 14.7 Å². The van der Waals surface area contributed by atoms with Crippen LogP contribution < -0.4 is 5.56 Å². The molecule has 6 heteroatoms. The molecule has 1 N–H and O–H groups in total. The lowest BCUT2D eigenvalue weighted by molar-refractivity contribution is 0.0781. The molecule has 0 aliphatic carbocycles. The lowest BCUT2D eigenvalue weighted by atomic mass is 10.1. The van der Waals surface area contributed by atoms with Gasteiger partial charge in [0, 0.05) is 30.5 Å². The maximum atomic E-state index is 12.7. The zero-order valence-corrected chi connectivity index (χ0v) is 15.3. The first kappa shape index (κ1) is 17.5. The molecule has 1 aliphatic rings. The SMILES string of the molecule is CC(C)c1cc(C(=O)N2CCC(n3cccc(C(C)C)c3=O)C2)n[nH]1. The van der Waals surface area contributed by atoms with E-state index in [1.165, 1.54) is 0 Å². The van der Waals surface area contributed by atoms with Crippen molar-refractivity contribution in [3.8, 4) is 0 Å². The van der Waals surface area contributed by atoms with E-state index in [2.05, 4.69) is 24.0 Å². The molecule has 2 aromatic rings. The minimum absolute atomic E-state index is 0.0265. The number of carbonyl (C=O) groups is 1. The van der Waals surface area contributed by atoms with Gasteiger partial charge >= 0.3 is 0 Å². The lowest BCUT2D eigenvalue weighted by Crippen LogP contribution is -2.32. The number of hydrogen-bond acceptors (Lipinski definition) is 3. The van der Waals surface area contributed by atoms with Crippen LogP contribution in [0.25, 0.3) is 0 Å². The molecule has 6 nitrogen and oxygen atoms in total. The highest BCUT2D eigenvalue weighted by molar-refractivity contribution is 5.92. The molecule has 3 rings (SSSR count). The summed E-state index contributed by atoms with van der Waals surface area (Å²) in [5.41, 5.74) is 2.28. The predicted octanol–water partition coefficient (Wildman–Crippen LogP) is 2.91. The number of hydrogen-bond donors (Lipinski definition) is 1. The number of rotatable bonds is 4. The van der Waals surface area contributed by atoms with Gasteiger partial charge in [0.2, 0.25) is 0 Å². The highest BCUT2D eigenvalue weighted by Gasteiger charge is 2.30. The summed E-state index contributed by atoms with van der Waals surface area (Å²) in [7, 11) is 0. The Labute approximate surface area is 147 Å². The summed E-state index contributed by atoms with van der Waals surface area (Å²) in [6.07, 6.45) is 2.62. The fraction of sp³-hybridized carbons (Fsp3) is 0.526. The van der Waals surface area contributed by atoms with Crippen molar-refractivity contribution in [1.82, 2.24) is 19.7 Å². The van der Waals surface area contributed by atoms with Crippen LogP contribution in [0.2, 0.25) is 0 Å². The number of pyridine rings is 1. The Morgan fingerprint density at radius 2 is 2.04 bits per heavy atom. The van der Waals surface area contributed by atoms with Gasteiger partial charge in [-0.05, 0) is 30.4 Å². The average Bonchev–Trinajstić information content (AvgIpc) is 3.24. The van der Waals surface area contributed by atoms with Crippen molar-refractivity contribution in [2.75, 3.05) is 13.1 Å². The third-order valence-electron chi connectivity index (χ3n) is 4.91. The molecular formula is C19H26N4O2. The van der Waals surface area contributed by atoms with Crippen molar-refractivity contribution in [2.24, 2.45) is 0 Å². The number of nitrogens with zero attached hydrogens (tertiary/aromatic N) is 3. The fourth-order valence-electron chi connectivity index (χ4n) is 3.31. The monoisotopic (exact) mass is 342 g/mol. The Kier molecular flexibility index (Phi) is 4.79. The van der Waals surface area contributed by atoms with Crippen molar-refractivity contribution in [3.05, 3.63) is 51.7 Å². The van der Waals surface area contributed by atoms with Gasteiger partial charge in [0.1, 0.15) is 5.69 Å². The Balaban J connectivity index is 1.76. The van der Waals surface area contributed by atoms with Crippen molar-refractivity contribution in [3.63, 3.8) is 0 Å². The molecule has 0 radical (unpaired) electrons. The summed E-state index contributed by atoms with van der Waals surface area (Å²) in [4.78, 5) is 27.1. The second kappa shape index (κ2) is 6.86. The fourth-order valence-corrected chi connectivity index (χ4v) is 3.31. The Morgan fingerprint density at radius 3 is 2.68 bits per heavy atom. The van der Waals surface area contributed by atoms with Crippen LogP contribution in [0, 0.1) is 0 Å². The second-order valence-electron chi connectivity index (χ2n) is 7.39. The molecule has 1 saturated heterocycles. The first-order chi connectivity index (χ1) is 11.9. The topological polar surface area (TPSA) is 71.0 Å². The Hall–Kier alpha value is -2.37. The highest BCUT2D eigenvalue weighted by atomic mass is 16.2. The minimum Gasteiger partial charge on any atom is -0.335 e. The van der Waals surface area contributed by atoms with Crippen LogP contribution in [-0.4, -0.2) is 38.7 Å². The molecule has 134 valence electrons. The van der Waals surface area contributed by atoms with E-state index in [1.54, 1.807) is 9.47 Å². The van der Waals surface area contributed by atoms with Crippen LogP contribution in [0.1, 0.15) is 73.7 Å². The molecule has 3 heterocycles. The van der Waals surface area contributed by atoms with E-state index < -0.39 is 0 Å². The Bertz CT molecular complexity index is 819. The van der Waals surface area contributed by atoms with Crippen LogP contribution in [0.3, 0.4) is 0 Å². The third kappa shape index (κ3) is 3.38. The van der Waals surface area contributed by atoms with Gasteiger partial charge in [-0.1, -0.05) is 33.8 Å². The first-order valence-electron chi connectivity index (χ1n) is 8.94. The molecule has 25 heavy (non-hydrogen) atoms. The number of aromatic amines is 1. The molecule has 1 amide bonds. The van der Waals surface area contributed by atoms with Gasteiger partial charge in [0.05, 0.1) is 6.04 Å². The smallest absolute Gasteiger partial charge is 0.274 e. The average molecular weight is 342 g/mol. The molecule has 1 aliphatic heterocycles. The summed E-state index contributed by atoms with van der Waals surface area (Å²) >= 11 is 0. The lowest BCUT2D eigenvalue weighted by Gasteiger charge is -2.18. The minimum atomic E-state index is -0.0706. The van der Waals surface area contributed by atoms with Crippen molar-refractivity contribution >= 4 is 5.91 Å². The summed E-state index contributed by atoms with van der Waals surface area (Å²) in [5.74, 6) is 0.425. The quantitative estimate of drug-likeness (QED) is 0.929. The van der Waals surface area contributed by atoms with E-state index in [4.69, 9.17) is 0 Å². The normalized spacial score (nSPS) is 17.7. The molecule has 0 bridgehead atoms. The second-order valence-corrected chi connectivity index (χ2v) is 7.39. The molecule has 1 atom stereocenters. The van der Waals surface area contributed by atoms with Gasteiger partial charge in [-0.25, -0.2) is 0 Å². The van der Waals surface area contributed by atoms with Crippen molar-refractivity contribution in [2.45, 2.75) is 52.0 Å². The number of likely N-dealkylation sites (tertiary alicyclic amines) is 1. The standard InChI is InChI=1S/C19H26N4O2/c1-12(2)15-6-5-8-23(18(15)24)14-7-9-22(11-14)19(25)17-10-16(13(3)4)20-21-17/h5-6,8,10,12-14H,7,9,11H2,1-4H3,(H,20,21). The van der Waals surface area contributed by atoms with E-state index in [-0.39, 0.29) is 23.4 Å². The maximum absolute atomic E-state index is 12.7. The largest absolute Gasteiger partial charge is 0.335 e. The van der Waals surface area contributed by atoms with E-state index in [0.717, 1.165) is 17.7 Å². The first-order valence-corrected chi connectivity index (χ1v) is 8.94. The van der Waals surface area contributed by atoms with Gasteiger partial charge in [-0.2, -0.15) is 5.10 Å². The molecule has 0 spiro atoms. The number of aromatic nitrogens is 3. The summed E-state index contributed by atoms with van der Waals surface area (Å²) < 4.78 is 1.78. The van der Waals surface area contributed by atoms with Crippen LogP contribution in [0.15, 0.2) is 29.2 Å². The molecule has 0 aromatic carbocycles. The molecular weight excluding hydrogens is 316 g/mol. The third-order valence-corrected chi connectivity index (χ3v) is 4.91. The van der Waals surface area contributed by atoms with Crippen LogP contribution in [-0.2, 0) is 0 Å². The van der Waals surface area contributed by atoms with Crippen molar-refractivity contribution in [1.29, 1.82) is 0 Å². The number of nitrogens with one attached hydrogen (secondary N) is 1. The van der Waals surface area contributed by atoms with E-state index >= 15 is 0 Å². The maximum Gasteiger partial charge on any atom is 0.274 e. The van der Waals surface area contributed by atoms with Crippen molar-refractivity contribution < 1.29 is 4.79 Å². The van der Waals surface area contributed by atoms with Gasteiger partial charge in [-0.15, -0.1) is 0 Å². The molecule has 0 saturated carbocycles. The summed E-state index contributed by atoms with van der Waals surface area (Å²) in [6.45, 7) is 9.35. The van der Waals surface area contributed by atoms with E-state index in [9.17, 15) is 9.59 Å². The van der Waals surface area contributed by atoms with E-state index in [1.807, 2.05) is 38.2 Å². The zero-order chi connectivity index (χ0) is 18.1. The Morgan fingerprint density at radius 1 is 1.28 bits per heavy atom. The number of carbonyl (C=O) groups excluding carboxylic acids is 1. The van der Waals surface area contributed by atoms with Gasteiger partial charge < -0.3 is 9.47 Å². The van der Waals surface area contributed by atoms with Crippen LogP contribution in [0.4, 0.5) is 0 Å². The zero-order valence-electron chi connectivity index (χ0n) is 15.3. The van der Waals surface area contributed by atoms with Crippen LogP contribution >= 0.6 is 0 Å². The predicted molar refractivity (Wildman–Crippen MR) is 97.0 cm³/mol. The van der Waals surface area contributed by atoms with Gasteiger partial charge in [0.15, 0.2) is 0 Å². The summed E-state index contributed by atoms with van der Waals surface area (Å²) in [6, 6.07) is 5.66. The van der Waals surface area contributed by atoms with Crippen LogP contribution in [0.5, 0.6) is 0 Å². The molecule has 1 fully saturated rings. The van der Waals surface area contributed by atoms with Gasteiger partial charge in [0.25, 0.3) is 11.5 Å². The summed E-state index contributed by atoms with van der Waals surface area (Å²) in [5, 5.41) is 7.08. The number of H-pyrrole nitrogens is 1. The molecule has 1 unspecified atom stereocenters. The number of amides is 1. The molecule has 2 aromatic heterocycles. The highest BCUT2D eigenvalue weighted by Crippen LogP contribution is 2.23. The van der Waals surface area contributed by atoms with E-state index in [0.29, 0.717) is 24.7 Å².